The summed E-state index contributed by atoms with van der Waals surface area (Å²) < 4.78 is 9.44. The number of carbonyl (C=O) groups excluding carboxylic acids is 1. The Morgan fingerprint density at radius 2 is 1.79 bits per heavy atom. The molecule has 7 heteroatoms. The fourth-order valence-electron chi connectivity index (χ4n) is 4.41. The number of ether oxygens (including phenoxy) is 1. The van der Waals surface area contributed by atoms with Gasteiger partial charge in [0.2, 0.25) is 0 Å². The minimum Gasteiger partial charge on any atom is -0.489 e. The number of benzene rings is 2. The van der Waals surface area contributed by atoms with Crippen LogP contribution in [0.2, 0.25) is 0 Å². The van der Waals surface area contributed by atoms with Crippen LogP contribution in [0.15, 0.2) is 71.8 Å². The Balaban J connectivity index is 1.27. The van der Waals surface area contributed by atoms with Crippen LogP contribution in [-0.4, -0.2) is 44.7 Å². The first kappa shape index (κ1) is 22.1. The van der Waals surface area contributed by atoms with Crippen molar-refractivity contribution in [2.24, 2.45) is 0 Å². The van der Waals surface area contributed by atoms with Gasteiger partial charge in [0, 0.05) is 35.4 Å². The first-order chi connectivity index (χ1) is 16.6. The van der Waals surface area contributed by atoms with Gasteiger partial charge < -0.3 is 9.64 Å². The van der Waals surface area contributed by atoms with Crippen LogP contribution >= 0.6 is 0 Å². The molecule has 3 heterocycles. The van der Waals surface area contributed by atoms with Gasteiger partial charge in [0.15, 0.2) is 5.78 Å². The molecule has 0 unspecified atom stereocenters. The minimum atomic E-state index is -0.162. The maximum Gasteiger partial charge on any atom is 0.258 e. The van der Waals surface area contributed by atoms with Gasteiger partial charge in [-0.2, -0.15) is 5.10 Å². The smallest absolute Gasteiger partial charge is 0.258 e. The Morgan fingerprint density at radius 1 is 1.00 bits per heavy atom. The summed E-state index contributed by atoms with van der Waals surface area (Å²) in [4.78, 5) is 26.7. The van der Waals surface area contributed by atoms with Crippen LogP contribution < -0.4 is 10.3 Å². The van der Waals surface area contributed by atoms with Gasteiger partial charge in [-0.3, -0.25) is 18.8 Å². The molecule has 0 radical (unpaired) electrons. The molecule has 0 amide bonds. The van der Waals surface area contributed by atoms with Gasteiger partial charge in [-0.05, 0) is 62.7 Å². The Morgan fingerprint density at radius 3 is 2.53 bits per heavy atom. The molecule has 2 aromatic heterocycles. The Hall–Kier alpha value is -3.71. The zero-order valence-electron chi connectivity index (χ0n) is 19.3. The topological polar surface area (TPSA) is 69.4 Å². The first-order valence-corrected chi connectivity index (χ1v) is 11.7. The van der Waals surface area contributed by atoms with E-state index in [4.69, 9.17) is 4.74 Å². The van der Waals surface area contributed by atoms with E-state index in [-0.39, 0.29) is 11.3 Å². The number of carbonyl (C=O) groups is 1. The summed E-state index contributed by atoms with van der Waals surface area (Å²) in [6.45, 7) is 6.10. The van der Waals surface area contributed by atoms with Crippen LogP contribution in [0, 0.1) is 0 Å². The van der Waals surface area contributed by atoms with E-state index in [0.29, 0.717) is 17.9 Å². The lowest BCUT2D eigenvalue weighted by molar-refractivity contribution is 0.101. The molecule has 174 valence electrons. The third-order valence-corrected chi connectivity index (χ3v) is 6.39. The van der Waals surface area contributed by atoms with Crippen LogP contribution in [-0.2, 0) is 13.2 Å². The lowest BCUT2D eigenvalue weighted by Crippen LogP contribution is -2.24. The molecule has 0 bridgehead atoms. The second-order valence-electron chi connectivity index (χ2n) is 8.77. The summed E-state index contributed by atoms with van der Waals surface area (Å²) in [5.41, 5.74) is 3.31. The van der Waals surface area contributed by atoms with Crippen molar-refractivity contribution in [2.45, 2.75) is 32.9 Å². The Kier molecular flexibility index (Phi) is 6.27. The van der Waals surface area contributed by atoms with Gasteiger partial charge in [-0.1, -0.05) is 24.3 Å². The molecule has 0 atom stereocenters. The SMILES string of the molecule is CC(=O)c1ccc(COc2ccn(-c3ccc4c(cnn4CCN4CCCC4)c3)c(=O)c2)cc1. The number of pyridine rings is 1. The molecular weight excluding hydrogens is 428 g/mol. The average Bonchev–Trinajstić information content (AvgIpc) is 3.51. The van der Waals surface area contributed by atoms with Crippen LogP contribution in [0.1, 0.15) is 35.7 Å². The highest BCUT2D eigenvalue weighted by atomic mass is 16.5. The number of likely N-dealkylation sites (tertiary alicyclic amines) is 1. The molecule has 2 aromatic carbocycles. The molecule has 4 aromatic rings. The van der Waals surface area contributed by atoms with Crippen LogP contribution in [0.5, 0.6) is 5.75 Å². The third kappa shape index (κ3) is 4.79. The number of aromatic nitrogens is 3. The fourth-order valence-corrected chi connectivity index (χ4v) is 4.41. The highest BCUT2D eigenvalue weighted by molar-refractivity contribution is 5.94. The van der Waals surface area contributed by atoms with Crippen LogP contribution in [0.3, 0.4) is 0 Å². The molecule has 5 rings (SSSR count). The summed E-state index contributed by atoms with van der Waals surface area (Å²) in [5.74, 6) is 0.538. The normalized spacial score (nSPS) is 14.0. The van der Waals surface area contributed by atoms with Gasteiger partial charge in [-0.25, -0.2) is 0 Å². The van der Waals surface area contributed by atoms with Gasteiger partial charge in [0.1, 0.15) is 12.4 Å². The monoisotopic (exact) mass is 456 g/mol. The summed E-state index contributed by atoms with van der Waals surface area (Å²) >= 11 is 0. The first-order valence-electron chi connectivity index (χ1n) is 11.7. The maximum absolute atomic E-state index is 12.8. The van der Waals surface area contributed by atoms with Crippen molar-refractivity contribution in [2.75, 3.05) is 19.6 Å². The van der Waals surface area contributed by atoms with Crippen molar-refractivity contribution in [3.63, 3.8) is 0 Å². The predicted octanol–water partition coefficient (Wildman–Crippen LogP) is 4.06. The molecular formula is C27H28N4O3. The number of ketones is 1. The van der Waals surface area contributed by atoms with Gasteiger partial charge >= 0.3 is 0 Å². The highest BCUT2D eigenvalue weighted by Crippen LogP contribution is 2.19. The number of hydrogen-bond acceptors (Lipinski definition) is 5. The fraction of sp³-hybridized carbons (Fsp3) is 0.296. The molecule has 7 nitrogen and oxygen atoms in total. The van der Waals surface area contributed by atoms with E-state index in [9.17, 15) is 9.59 Å². The van der Waals surface area contributed by atoms with Crippen LogP contribution in [0.25, 0.3) is 16.6 Å². The second-order valence-corrected chi connectivity index (χ2v) is 8.77. The molecule has 1 aliphatic heterocycles. The maximum atomic E-state index is 12.8. The van der Waals surface area contributed by atoms with Crippen molar-refractivity contribution < 1.29 is 9.53 Å². The minimum absolute atomic E-state index is 0.0312. The van der Waals surface area contributed by atoms with Gasteiger partial charge in [0.05, 0.1) is 18.3 Å². The van der Waals surface area contributed by atoms with E-state index < -0.39 is 0 Å². The lowest BCUT2D eigenvalue weighted by atomic mass is 10.1. The third-order valence-electron chi connectivity index (χ3n) is 6.39. The number of nitrogens with zero attached hydrogens (tertiary/aromatic N) is 4. The summed E-state index contributed by atoms with van der Waals surface area (Å²) in [5, 5.41) is 5.57. The zero-order valence-corrected chi connectivity index (χ0v) is 19.3. The van der Waals surface area contributed by atoms with E-state index in [1.807, 2.05) is 41.2 Å². The molecule has 0 spiro atoms. The van der Waals surface area contributed by atoms with Crippen molar-refractivity contribution >= 4 is 16.7 Å². The van der Waals surface area contributed by atoms with Gasteiger partial charge in [-0.15, -0.1) is 0 Å². The summed E-state index contributed by atoms with van der Waals surface area (Å²) in [6, 6.07) is 16.5. The number of hydrogen-bond donors (Lipinski definition) is 0. The van der Waals surface area contributed by atoms with Crippen molar-refractivity contribution in [1.29, 1.82) is 0 Å². The molecule has 1 saturated heterocycles. The van der Waals surface area contributed by atoms with E-state index in [0.717, 1.165) is 35.2 Å². The average molecular weight is 457 g/mol. The van der Waals surface area contributed by atoms with Crippen molar-refractivity contribution in [3.05, 3.63) is 88.5 Å². The summed E-state index contributed by atoms with van der Waals surface area (Å²) in [7, 11) is 0. The van der Waals surface area contributed by atoms with E-state index in [1.165, 1.54) is 32.0 Å². The van der Waals surface area contributed by atoms with Gasteiger partial charge in [0.25, 0.3) is 5.56 Å². The lowest BCUT2D eigenvalue weighted by Gasteiger charge is -2.14. The molecule has 0 N–H and O–H groups in total. The predicted molar refractivity (Wildman–Crippen MR) is 132 cm³/mol. The van der Waals surface area contributed by atoms with E-state index >= 15 is 0 Å². The molecule has 1 fully saturated rings. The summed E-state index contributed by atoms with van der Waals surface area (Å²) in [6.07, 6.45) is 6.17. The molecule has 34 heavy (non-hydrogen) atoms. The molecule has 0 aliphatic carbocycles. The number of fused-ring (bicyclic) bond motifs is 1. The Labute approximate surface area is 198 Å². The van der Waals surface area contributed by atoms with E-state index in [2.05, 4.69) is 10.00 Å². The largest absolute Gasteiger partial charge is 0.489 e. The molecule has 0 saturated carbocycles. The number of Topliss-reactive ketones (excluding diaryl/α,β-unsaturated/α-hetero) is 1. The quantitative estimate of drug-likeness (QED) is 0.374. The van der Waals surface area contributed by atoms with Crippen LogP contribution in [0.4, 0.5) is 0 Å². The molecule has 1 aliphatic rings. The standard InChI is InChI=1S/C27H28N4O3/c1-20(32)22-6-4-21(5-7-22)19-34-25-10-13-30(27(33)17-25)24-8-9-26-23(16-24)18-28-31(26)15-14-29-11-2-3-12-29/h4-10,13,16-18H,2-3,11-12,14-15,19H2,1H3. The number of rotatable bonds is 8. The van der Waals surface area contributed by atoms with E-state index in [1.54, 1.807) is 35.9 Å². The highest BCUT2D eigenvalue weighted by Gasteiger charge is 2.12. The van der Waals surface area contributed by atoms with Crippen molar-refractivity contribution in [1.82, 2.24) is 19.2 Å². The second kappa shape index (κ2) is 9.65. The zero-order chi connectivity index (χ0) is 23.5. The van der Waals surface area contributed by atoms with Crippen molar-refractivity contribution in [3.8, 4) is 11.4 Å². The Bertz CT molecular complexity index is 1360.